The molecule has 106 valence electrons. The monoisotopic (exact) mass is 266 g/mol. The lowest BCUT2D eigenvalue weighted by Gasteiger charge is -2.42. The van der Waals surface area contributed by atoms with Gasteiger partial charge < -0.3 is 9.47 Å². The molecule has 0 aliphatic heterocycles. The molecule has 0 unspecified atom stereocenters. The molecule has 1 rings (SSSR count). The van der Waals surface area contributed by atoms with Crippen molar-refractivity contribution < 1.29 is 19.1 Å². The number of carbonyl (C=O) groups excluding carboxylic acids is 2. The summed E-state index contributed by atoms with van der Waals surface area (Å²) in [6, 6.07) is 0. The average Bonchev–Trinajstić information content (AvgIpc) is 2.93. The van der Waals surface area contributed by atoms with Crippen LogP contribution in [-0.2, 0) is 19.1 Å². The van der Waals surface area contributed by atoms with Crippen LogP contribution in [0.25, 0.3) is 0 Å². The molecule has 1 aliphatic rings. The summed E-state index contributed by atoms with van der Waals surface area (Å²) in [4.78, 5) is 24.7. The van der Waals surface area contributed by atoms with Gasteiger partial charge in [0.2, 0.25) is 0 Å². The van der Waals surface area contributed by atoms with E-state index in [4.69, 9.17) is 9.47 Å². The van der Waals surface area contributed by atoms with Crippen molar-refractivity contribution in [3.63, 3.8) is 0 Å². The number of esters is 2. The number of rotatable bonds is 6. The number of hydrogen-bond acceptors (Lipinski definition) is 4. The molecule has 0 spiro atoms. The summed E-state index contributed by atoms with van der Waals surface area (Å²) in [5, 5.41) is 0. The second kappa shape index (κ2) is 6.04. The van der Waals surface area contributed by atoms with E-state index in [0.29, 0.717) is 0 Å². The maximum absolute atomic E-state index is 12.4. The molecule has 4 nitrogen and oxygen atoms in total. The Morgan fingerprint density at radius 2 is 1.63 bits per heavy atom. The van der Waals surface area contributed by atoms with Crippen LogP contribution in [-0.4, -0.2) is 26.2 Å². The Morgan fingerprint density at radius 3 is 1.95 bits per heavy atom. The van der Waals surface area contributed by atoms with E-state index in [0.717, 1.165) is 25.7 Å². The average molecular weight is 266 g/mol. The SMILES string of the molecule is C=CCC(C(=O)OC)(C(=O)OC)C1(C=C)CCCC1. The first-order chi connectivity index (χ1) is 9.04. The molecule has 19 heavy (non-hydrogen) atoms. The van der Waals surface area contributed by atoms with E-state index in [1.807, 2.05) is 0 Å². The molecule has 0 N–H and O–H groups in total. The lowest BCUT2D eigenvalue weighted by molar-refractivity contribution is -0.177. The number of hydrogen-bond donors (Lipinski definition) is 0. The molecule has 0 radical (unpaired) electrons. The molecule has 0 atom stereocenters. The van der Waals surface area contributed by atoms with E-state index in [1.165, 1.54) is 14.2 Å². The fraction of sp³-hybridized carbons (Fsp3) is 0.600. The molecule has 0 aromatic heterocycles. The molecule has 1 fully saturated rings. The van der Waals surface area contributed by atoms with Gasteiger partial charge in [0, 0.05) is 5.41 Å². The van der Waals surface area contributed by atoms with Gasteiger partial charge in [-0.05, 0) is 19.3 Å². The lowest BCUT2D eigenvalue weighted by Crippen LogP contribution is -2.52. The topological polar surface area (TPSA) is 52.6 Å². The van der Waals surface area contributed by atoms with Gasteiger partial charge in [-0.2, -0.15) is 0 Å². The van der Waals surface area contributed by atoms with Gasteiger partial charge in [-0.3, -0.25) is 9.59 Å². The summed E-state index contributed by atoms with van der Waals surface area (Å²) < 4.78 is 9.79. The fourth-order valence-corrected chi connectivity index (χ4v) is 3.24. The first-order valence-electron chi connectivity index (χ1n) is 6.46. The van der Waals surface area contributed by atoms with E-state index in [1.54, 1.807) is 12.2 Å². The molecule has 0 bridgehead atoms. The minimum Gasteiger partial charge on any atom is -0.468 e. The Kier molecular flexibility index (Phi) is 4.92. The van der Waals surface area contributed by atoms with Crippen molar-refractivity contribution in [2.45, 2.75) is 32.1 Å². The van der Waals surface area contributed by atoms with Gasteiger partial charge in [0.25, 0.3) is 0 Å². The van der Waals surface area contributed by atoms with Crippen molar-refractivity contribution in [1.82, 2.24) is 0 Å². The van der Waals surface area contributed by atoms with E-state index < -0.39 is 22.8 Å². The van der Waals surface area contributed by atoms with Crippen LogP contribution in [0.3, 0.4) is 0 Å². The van der Waals surface area contributed by atoms with Gasteiger partial charge in [-0.15, -0.1) is 13.2 Å². The maximum Gasteiger partial charge on any atom is 0.324 e. The van der Waals surface area contributed by atoms with Crippen molar-refractivity contribution in [3.8, 4) is 0 Å². The highest BCUT2D eigenvalue weighted by Gasteiger charge is 2.61. The highest BCUT2D eigenvalue weighted by Crippen LogP contribution is 2.55. The molecular formula is C15H22O4. The molecular weight excluding hydrogens is 244 g/mol. The fourth-order valence-electron chi connectivity index (χ4n) is 3.24. The van der Waals surface area contributed by atoms with Crippen LogP contribution in [0.15, 0.2) is 25.3 Å². The second-order valence-electron chi connectivity index (χ2n) is 4.95. The zero-order valence-electron chi connectivity index (χ0n) is 11.7. The molecule has 1 saturated carbocycles. The Hall–Kier alpha value is -1.58. The van der Waals surface area contributed by atoms with Crippen LogP contribution >= 0.6 is 0 Å². The van der Waals surface area contributed by atoms with Crippen LogP contribution in [0.1, 0.15) is 32.1 Å². The zero-order valence-corrected chi connectivity index (χ0v) is 11.7. The van der Waals surface area contributed by atoms with E-state index in [2.05, 4.69) is 13.2 Å². The minimum absolute atomic E-state index is 0.193. The van der Waals surface area contributed by atoms with Crippen LogP contribution < -0.4 is 0 Å². The predicted molar refractivity (Wildman–Crippen MR) is 72.4 cm³/mol. The van der Waals surface area contributed by atoms with Crippen molar-refractivity contribution in [2.24, 2.45) is 10.8 Å². The molecule has 0 amide bonds. The molecule has 4 heteroatoms. The Labute approximate surface area is 114 Å². The zero-order chi connectivity index (χ0) is 14.5. The molecule has 0 aromatic carbocycles. The number of carbonyl (C=O) groups is 2. The minimum atomic E-state index is -1.36. The van der Waals surface area contributed by atoms with Gasteiger partial charge in [-0.25, -0.2) is 0 Å². The quantitative estimate of drug-likeness (QED) is 0.421. The first-order valence-corrected chi connectivity index (χ1v) is 6.46. The van der Waals surface area contributed by atoms with Crippen molar-refractivity contribution >= 4 is 11.9 Å². The van der Waals surface area contributed by atoms with Crippen molar-refractivity contribution in [3.05, 3.63) is 25.3 Å². The Balaban J connectivity index is 3.44. The van der Waals surface area contributed by atoms with Crippen LogP contribution in [0.5, 0.6) is 0 Å². The summed E-state index contributed by atoms with van der Waals surface area (Å²) in [5.74, 6) is -1.14. The number of allylic oxidation sites excluding steroid dienone is 2. The predicted octanol–water partition coefficient (Wildman–Crippen LogP) is 2.64. The summed E-state index contributed by atoms with van der Waals surface area (Å²) in [6.45, 7) is 7.51. The first kappa shape index (κ1) is 15.5. The van der Waals surface area contributed by atoms with Crippen molar-refractivity contribution in [1.29, 1.82) is 0 Å². The van der Waals surface area contributed by atoms with Gasteiger partial charge in [0.1, 0.15) is 0 Å². The third-order valence-electron chi connectivity index (χ3n) is 4.25. The highest BCUT2D eigenvalue weighted by atomic mass is 16.5. The summed E-state index contributed by atoms with van der Waals surface area (Å²) in [6.07, 6.45) is 6.86. The molecule has 0 saturated heterocycles. The summed E-state index contributed by atoms with van der Waals surface area (Å²) >= 11 is 0. The van der Waals surface area contributed by atoms with E-state index in [9.17, 15) is 9.59 Å². The maximum atomic E-state index is 12.4. The van der Waals surface area contributed by atoms with E-state index in [-0.39, 0.29) is 6.42 Å². The third kappa shape index (κ3) is 2.20. The smallest absolute Gasteiger partial charge is 0.324 e. The lowest BCUT2D eigenvalue weighted by atomic mass is 9.60. The Morgan fingerprint density at radius 1 is 1.16 bits per heavy atom. The number of ether oxygens (including phenoxy) is 2. The standard InChI is InChI=1S/C15H22O4/c1-5-9-15(12(16)18-3,13(17)19-4)14(6-2)10-7-8-11-14/h5-6H,1-2,7-11H2,3-4H3. The largest absolute Gasteiger partial charge is 0.468 e. The normalized spacial score (nSPS) is 17.6. The molecule has 0 aromatic rings. The van der Waals surface area contributed by atoms with Gasteiger partial charge in [-0.1, -0.05) is 25.0 Å². The molecule has 0 heterocycles. The summed E-state index contributed by atoms with van der Waals surface area (Å²) in [7, 11) is 2.57. The van der Waals surface area contributed by atoms with Crippen LogP contribution in [0, 0.1) is 10.8 Å². The summed E-state index contributed by atoms with van der Waals surface area (Å²) in [5.41, 5.74) is -1.97. The Bertz CT molecular complexity index is 362. The highest BCUT2D eigenvalue weighted by molar-refractivity contribution is 6.01. The second-order valence-corrected chi connectivity index (χ2v) is 4.95. The van der Waals surface area contributed by atoms with Gasteiger partial charge in [0.05, 0.1) is 14.2 Å². The number of methoxy groups -OCH3 is 2. The van der Waals surface area contributed by atoms with Crippen molar-refractivity contribution in [2.75, 3.05) is 14.2 Å². The van der Waals surface area contributed by atoms with E-state index >= 15 is 0 Å². The van der Waals surface area contributed by atoms with Crippen LogP contribution in [0.2, 0.25) is 0 Å². The third-order valence-corrected chi connectivity index (χ3v) is 4.25. The molecule has 1 aliphatic carbocycles. The van der Waals surface area contributed by atoms with Crippen LogP contribution in [0.4, 0.5) is 0 Å². The van der Waals surface area contributed by atoms with Gasteiger partial charge in [0.15, 0.2) is 5.41 Å². The van der Waals surface area contributed by atoms with Gasteiger partial charge >= 0.3 is 11.9 Å².